The third-order valence-corrected chi connectivity index (χ3v) is 4.03. The van der Waals surface area contributed by atoms with Crippen LogP contribution in [0.15, 0.2) is 12.1 Å². The molecule has 2 nitrogen and oxygen atoms in total. The molecule has 0 radical (unpaired) electrons. The molecule has 0 spiro atoms. The van der Waals surface area contributed by atoms with Crippen LogP contribution in [0.4, 0.5) is 14.5 Å². The minimum absolute atomic E-state index is 0.0801. The van der Waals surface area contributed by atoms with Gasteiger partial charge in [-0.1, -0.05) is 6.92 Å². The highest BCUT2D eigenvalue weighted by Gasteiger charge is 2.26. The Labute approximate surface area is 117 Å². The highest BCUT2D eigenvalue weighted by Crippen LogP contribution is 2.27. The van der Waals surface area contributed by atoms with Gasteiger partial charge in [-0.05, 0) is 31.2 Å². The van der Waals surface area contributed by atoms with Gasteiger partial charge < -0.3 is 4.90 Å². The number of nitrogens with zero attached hydrogens (tertiary/aromatic N) is 2. The first kappa shape index (κ1) is 14.5. The molecule has 0 bridgehead atoms. The third kappa shape index (κ3) is 3.00. The van der Waals surface area contributed by atoms with Gasteiger partial charge >= 0.3 is 0 Å². The summed E-state index contributed by atoms with van der Waals surface area (Å²) in [6, 6.07) is 2.94. The molecule has 1 aromatic rings. The Hall–Kier alpha value is -0.870. The Morgan fingerprint density at radius 3 is 2.37 bits per heavy atom. The predicted octanol–water partition coefficient (Wildman–Crippen LogP) is 3.23. The van der Waals surface area contributed by atoms with Gasteiger partial charge in [0.2, 0.25) is 0 Å². The third-order valence-electron chi connectivity index (χ3n) is 3.72. The fraction of sp³-hybridized carbons (Fsp3) is 0.571. The highest BCUT2D eigenvalue weighted by molar-refractivity contribution is 6.17. The van der Waals surface area contributed by atoms with Gasteiger partial charge in [-0.2, -0.15) is 0 Å². The predicted molar refractivity (Wildman–Crippen MR) is 74.8 cm³/mol. The fourth-order valence-electron chi connectivity index (χ4n) is 2.67. The lowest BCUT2D eigenvalue weighted by atomic mass is 10.1. The maximum absolute atomic E-state index is 14.0. The zero-order valence-electron chi connectivity index (χ0n) is 11.3. The standard InChI is InChI=1S/C14H19ClF2N2/c1-3-18-4-5-19(9-10(18)2)14-12(16)6-11(8-15)7-13(14)17/h6-7,10H,3-5,8-9H2,1-2H3. The van der Waals surface area contributed by atoms with Gasteiger partial charge in [-0.15, -0.1) is 11.6 Å². The van der Waals surface area contributed by atoms with Gasteiger partial charge in [-0.3, -0.25) is 4.90 Å². The quantitative estimate of drug-likeness (QED) is 0.788. The smallest absolute Gasteiger partial charge is 0.149 e. The van der Waals surface area contributed by atoms with Crippen molar-refractivity contribution in [3.8, 4) is 0 Å². The van der Waals surface area contributed by atoms with E-state index in [2.05, 4.69) is 18.7 Å². The van der Waals surface area contributed by atoms with E-state index in [-0.39, 0.29) is 11.6 Å². The molecule has 5 heteroatoms. The van der Waals surface area contributed by atoms with E-state index < -0.39 is 11.6 Å². The van der Waals surface area contributed by atoms with Crippen LogP contribution in [0, 0.1) is 11.6 Å². The monoisotopic (exact) mass is 288 g/mol. The van der Waals surface area contributed by atoms with Crippen molar-refractivity contribution < 1.29 is 8.78 Å². The van der Waals surface area contributed by atoms with Crippen LogP contribution in [0.1, 0.15) is 19.4 Å². The first-order valence-corrected chi connectivity index (χ1v) is 7.13. The zero-order chi connectivity index (χ0) is 14.0. The van der Waals surface area contributed by atoms with E-state index in [0.29, 0.717) is 24.7 Å². The van der Waals surface area contributed by atoms with Crippen LogP contribution in [0.2, 0.25) is 0 Å². The average molecular weight is 289 g/mol. The normalized spacial score (nSPS) is 20.9. The summed E-state index contributed by atoms with van der Waals surface area (Å²) >= 11 is 5.62. The Kier molecular flexibility index (Phi) is 4.63. The molecule has 0 N–H and O–H groups in total. The minimum atomic E-state index is -0.521. The highest BCUT2D eigenvalue weighted by atomic mass is 35.5. The molecule has 0 aromatic heterocycles. The van der Waals surface area contributed by atoms with E-state index in [4.69, 9.17) is 11.6 Å². The fourth-order valence-corrected chi connectivity index (χ4v) is 2.82. The van der Waals surface area contributed by atoms with Crippen LogP contribution in [0.25, 0.3) is 0 Å². The molecule has 19 heavy (non-hydrogen) atoms. The van der Waals surface area contributed by atoms with Crippen LogP contribution in [0.5, 0.6) is 0 Å². The van der Waals surface area contributed by atoms with Gasteiger partial charge in [0.1, 0.15) is 17.3 Å². The molecule has 0 saturated carbocycles. The Morgan fingerprint density at radius 2 is 1.89 bits per heavy atom. The first-order chi connectivity index (χ1) is 9.06. The number of rotatable bonds is 3. The number of hydrogen-bond donors (Lipinski definition) is 0. The van der Waals surface area contributed by atoms with Gasteiger partial charge in [0.15, 0.2) is 0 Å². The number of anilines is 1. The molecule has 1 saturated heterocycles. The number of benzene rings is 1. The average Bonchev–Trinajstić information content (AvgIpc) is 2.38. The summed E-state index contributed by atoms with van der Waals surface area (Å²) < 4.78 is 28.1. The number of piperazine rings is 1. The second-order valence-electron chi connectivity index (χ2n) is 4.97. The molecule has 1 heterocycles. The largest absolute Gasteiger partial charge is 0.364 e. The first-order valence-electron chi connectivity index (χ1n) is 6.59. The Balaban J connectivity index is 2.23. The summed E-state index contributed by atoms with van der Waals surface area (Å²) in [5, 5.41) is 0. The molecule has 106 valence electrons. The van der Waals surface area contributed by atoms with E-state index in [1.54, 1.807) is 4.90 Å². The number of likely N-dealkylation sites (N-methyl/N-ethyl adjacent to an activating group) is 1. The van der Waals surface area contributed by atoms with Crippen LogP contribution in [-0.2, 0) is 5.88 Å². The van der Waals surface area contributed by atoms with Gasteiger partial charge in [-0.25, -0.2) is 8.78 Å². The Morgan fingerprint density at radius 1 is 1.26 bits per heavy atom. The lowest BCUT2D eigenvalue weighted by molar-refractivity contribution is 0.198. The molecular weight excluding hydrogens is 270 g/mol. The molecule has 1 unspecified atom stereocenters. The van der Waals surface area contributed by atoms with Crippen molar-refractivity contribution in [1.82, 2.24) is 4.90 Å². The van der Waals surface area contributed by atoms with Crippen LogP contribution in [0.3, 0.4) is 0 Å². The molecule has 1 aliphatic rings. The van der Waals surface area contributed by atoms with Crippen LogP contribution in [-0.4, -0.2) is 37.1 Å². The van der Waals surface area contributed by atoms with Crippen molar-refractivity contribution in [3.05, 3.63) is 29.3 Å². The van der Waals surface area contributed by atoms with Crippen LogP contribution >= 0.6 is 11.6 Å². The summed E-state index contributed by atoms with van der Waals surface area (Å²) in [5.41, 5.74) is 0.553. The van der Waals surface area contributed by atoms with Crippen molar-refractivity contribution >= 4 is 17.3 Å². The van der Waals surface area contributed by atoms with E-state index in [0.717, 1.165) is 13.1 Å². The summed E-state index contributed by atoms with van der Waals surface area (Å²) in [7, 11) is 0. The van der Waals surface area contributed by atoms with Crippen molar-refractivity contribution in [3.63, 3.8) is 0 Å². The van der Waals surface area contributed by atoms with Crippen molar-refractivity contribution in [2.75, 3.05) is 31.1 Å². The molecule has 1 aliphatic heterocycles. The lowest BCUT2D eigenvalue weighted by Gasteiger charge is -2.40. The number of halogens is 3. The van der Waals surface area contributed by atoms with Gasteiger partial charge in [0, 0.05) is 31.6 Å². The van der Waals surface area contributed by atoms with E-state index in [1.165, 1.54) is 12.1 Å². The maximum atomic E-state index is 14.0. The molecule has 1 atom stereocenters. The van der Waals surface area contributed by atoms with Crippen molar-refractivity contribution in [1.29, 1.82) is 0 Å². The summed E-state index contributed by atoms with van der Waals surface area (Å²) in [4.78, 5) is 4.10. The minimum Gasteiger partial charge on any atom is -0.364 e. The van der Waals surface area contributed by atoms with Gasteiger partial charge in [0.05, 0.1) is 0 Å². The zero-order valence-corrected chi connectivity index (χ0v) is 12.1. The number of hydrogen-bond acceptors (Lipinski definition) is 2. The summed E-state index contributed by atoms with van der Waals surface area (Å²) in [5.74, 6) is -0.922. The molecule has 1 aromatic carbocycles. The van der Waals surface area contributed by atoms with E-state index >= 15 is 0 Å². The number of alkyl halides is 1. The SMILES string of the molecule is CCN1CCN(c2c(F)cc(CCl)cc2F)CC1C. The summed E-state index contributed by atoms with van der Waals surface area (Å²) in [6.45, 7) is 7.26. The topological polar surface area (TPSA) is 6.48 Å². The second-order valence-corrected chi connectivity index (χ2v) is 5.23. The van der Waals surface area contributed by atoms with E-state index in [9.17, 15) is 8.78 Å². The van der Waals surface area contributed by atoms with Crippen LogP contribution < -0.4 is 4.90 Å². The molecule has 2 rings (SSSR count). The van der Waals surface area contributed by atoms with Crippen molar-refractivity contribution in [2.24, 2.45) is 0 Å². The molecular formula is C14H19ClF2N2. The molecule has 0 aliphatic carbocycles. The maximum Gasteiger partial charge on any atom is 0.149 e. The Bertz CT molecular complexity index is 430. The summed E-state index contributed by atoms with van der Waals surface area (Å²) in [6.07, 6.45) is 0. The molecule has 1 fully saturated rings. The van der Waals surface area contributed by atoms with Crippen molar-refractivity contribution in [2.45, 2.75) is 25.8 Å². The molecule has 0 amide bonds. The lowest BCUT2D eigenvalue weighted by Crippen LogP contribution is -2.52. The second kappa shape index (κ2) is 6.06. The van der Waals surface area contributed by atoms with Gasteiger partial charge in [0.25, 0.3) is 0 Å². The van der Waals surface area contributed by atoms with E-state index in [1.807, 2.05) is 0 Å².